The van der Waals surface area contributed by atoms with Gasteiger partial charge >= 0.3 is 0 Å². The van der Waals surface area contributed by atoms with Crippen molar-refractivity contribution in [1.82, 2.24) is 0 Å². The first-order valence-electron chi connectivity index (χ1n) is 5.27. The summed E-state index contributed by atoms with van der Waals surface area (Å²) in [6.45, 7) is 0. The Bertz CT molecular complexity index is 705. The van der Waals surface area contributed by atoms with E-state index in [0.717, 1.165) is 0 Å². The Kier molecular flexibility index (Phi) is 2.51. The van der Waals surface area contributed by atoms with E-state index in [0.29, 0.717) is 16.7 Å². The number of benzene rings is 2. The molecule has 0 unspecified atom stereocenters. The summed E-state index contributed by atoms with van der Waals surface area (Å²) >= 11 is 11.9. The lowest BCUT2D eigenvalue weighted by molar-refractivity contribution is 0.0979. The predicted molar refractivity (Wildman–Crippen MR) is 69.8 cm³/mol. The first kappa shape index (κ1) is 11.5. The Morgan fingerprint density at radius 3 is 2.00 bits per heavy atom. The molecule has 0 aromatic heterocycles. The molecule has 18 heavy (non-hydrogen) atoms. The molecule has 2 nitrogen and oxygen atoms in total. The lowest BCUT2D eigenvalue weighted by Crippen LogP contribution is -2.21. The van der Waals surface area contributed by atoms with Gasteiger partial charge in [-0.1, -0.05) is 47.5 Å². The fourth-order valence-corrected chi connectivity index (χ4v) is 2.53. The van der Waals surface area contributed by atoms with Gasteiger partial charge in [0.15, 0.2) is 11.6 Å². The number of ketones is 2. The first-order valence-corrected chi connectivity index (χ1v) is 6.03. The molecule has 2 aromatic rings. The van der Waals surface area contributed by atoms with Crippen LogP contribution < -0.4 is 0 Å². The number of halogens is 2. The van der Waals surface area contributed by atoms with E-state index in [4.69, 9.17) is 23.2 Å². The van der Waals surface area contributed by atoms with Crippen molar-refractivity contribution in [1.29, 1.82) is 0 Å². The molecule has 0 atom stereocenters. The molecule has 0 saturated carbocycles. The van der Waals surface area contributed by atoms with Crippen LogP contribution in [-0.4, -0.2) is 11.6 Å². The van der Waals surface area contributed by atoms with Crippen LogP contribution in [0, 0.1) is 0 Å². The summed E-state index contributed by atoms with van der Waals surface area (Å²) in [5.41, 5.74) is 1.30. The third-order valence-corrected chi connectivity index (χ3v) is 3.79. The number of hydrogen-bond donors (Lipinski definition) is 0. The van der Waals surface area contributed by atoms with Crippen LogP contribution >= 0.6 is 23.2 Å². The normalized spacial score (nSPS) is 13.2. The molecule has 0 spiro atoms. The van der Waals surface area contributed by atoms with Crippen molar-refractivity contribution in [3.63, 3.8) is 0 Å². The molecule has 1 aliphatic rings. The van der Waals surface area contributed by atoms with Gasteiger partial charge in [0.25, 0.3) is 0 Å². The van der Waals surface area contributed by atoms with E-state index in [9.17, 15) is 9.59 Å². The van der Waals surface area contributed by atoms with Crippen LogP contribution in [0.5, 0.6) is 0 Å². The average molecular weight is 277 g/mol. The van der Waals surface area contributed by atoms with Crippen molar-refractivity contribution >= 4 is 34.8 Å². The maximum atomic E-state index is 12.3. The zero-order valence-corrected chi connectivity index (χ0v) is 10.5. The van der Waals surface area contributed by atoms with Gasteiger partial charge in [0.05, 0.1) is 15.6 Å². The molecule has 0 saturated heterocycles. The van der Waals surface area contributed by atoms with Crippen molar-refractivity contribution in [3.8, 4) is 0 Å². The van der Waals surface area contributed by atoms with Crippen LogP contribution in [0.3, 0.4) is 0 Å². The summed E-state index contributed by atoms with van der Waals surface area (Å²) in [7, 11) is 0. The SMILES string of the molecule is O=C1c2ccccc2C(=O)c2c1ccc(Cl)c2Cl. The van der Waals surface area contributed by atoms with Gasteiger partial charge in [0.1, 0.15) is 0 Å². The first-order chi connectivity index (χ1) is 8.61. The maximum Gasteiger partial charge on any atom is 0.196 e. The average Bonchev–Trinajstić information content (AvgIpc) is 2.39. The molecule has 2 aromatic carbocycles. The zero-order valence-electron chi connectivity index (χ0n) is 9.04. The highest BCUT2D eigenvalue weighted by Gasteiger charge is 2.31. The van der Waals surface area contributed by atoms with Crippen LogP contribution in [0.25, 0.3) is 0 Å². The van der Waals surface area contributed by atoms with E-state index in [1.54, 1.807) is 30.3 Å². The van der Waals surface area contributed by atoms with E-state index >= 15 is 0 Å². The Balaban J connectivity index is 2.38. The lowest BCUT2D eigenvalue weighted by atomic mass is 9.84. The standard InChI is InChI=1S/C14H6Cl2O2/c15-10-6-5-9-11(12(10)16)14(18)8-4-2-1-3-7(8)13(9)17/h1-6H. The summed E-state index contributed by atoms with van der Waals surface area (Å²) in [4.78, 5) is 24.6. The number of carbonyl (C=O) groups excluding carboxylic acids is 2. The van der Waals surface area contributed by atoms with E-state index in [1.807, 2.05) is 0 Å². The smallest absolute Gasteiger partial charge is 0.196 e. The lowest BCUT2D eigenvalue weighted by Gasteiger charge is -2.18. The minimum absolute atomic E-state index is 0.141. The van der Waals surface area contributed by atoms with E-state index < -0.39 is 0 Å². The zero-order chi connectivity index (χ0) is 12.9. The third kappa shape index (κ3) is 1.43. The van der Waals surface area contributed by atoms with Crippen molar-refractivity contribution < 1.29 is 9.59 Å². The minimum atomic E-state index is -0.257. The maximum absolute atomic E-state index is 12.3. The molecular formula is C14H6Cl2O2. The second kappa shape index (κ2) is 3.94. The highest BCUT2D eigenvalue weighted by atomic mass is 35.5. The molecule has 0 radical (unpaired) electrons. The fourth-order valence-electron chi connectivity index (χ4n) is 2.12. The van der Waals surface area contributed by atoms with E-state index in [1.165, 1.54) is 6.07 Å². The van der Waals surface area contributed by atoms with E-state index in [-0.39, 0.29) is 27.2 Å². The molecule has 88 valence electrons. The molecule has 1 aliphatic carbocycles. The van der Waals surface area contributed by atoms with E-state index in [2.05, 4.69) is 0 Å². The van der Waals surface area contributed by atoms with Gasteiger partial charge < -0.3 is 0 Å². The molecule has 0 bridgehead atoms. The van der Waals surface area contributed by atoms with Crippen LogP contribution in [0.4, 0.5) is 0 Å². The van der Waals surface area contributed by atoms with Gasteiger partial charge in [0, 0.05) is 16.7 Å². The van der Waals surface area contributed by atoms with Crippen LogP contribution in [0.15, 0.2) is 36.4 Å². The Labute approximate surface area is 113 Å². The second-order valence-electron chi connectivity index (χ2n) is 3.99. The summed E-state index contributed by atoms with van der Waals surface area (Å²) in [6, 6.07) is 9.78. The summed E-state index contributed by atoms with van der Waals surface area (Å²) in [6.07, 6.45) is 0. The van der Waals surface area contributed by atoms with Gasteiger partial charge in [-0.3, -0.25) is 9.59 Å². The molecule has 0 aliphatic heterocycles. The third-order valence-electron chi connectivity index (χ3n) is 2.98. The Hall–Kier alpha value is -1.64. The quantitative estimate of drug-likeness (QED) is 0.626. The number of hydrogen-bond acceptors (Lipinski definition) is 2. The Morgan fingerprint density at radius 1 is 0.722 bits per heavy atom. The summed E-state index contributed by atoms with van der Waals surface area (Å²) < 4.78 is 0. The summed E-state index contributed by atoms with van der Waals surface area (Å²) in [5.74, 6) is -0.452. The number of rotatable bonds is 0. The topological polar surface area (TPSA) is 34.1 Å². The largest absolute Gasteiger partial charge is 0.289 e. The molecule has 0 fully saturated rings. The highest BCUT2D eigenvalue weighted by molar-refractivity contribution is 6.46. The predicted octanol–water partition coefficient (Wildman–Crippen LogP) is 3.77. The monoisotopic (exact) mass is 276 g/mol. The van der Waals surface area contributed by atoms with Crippen molar-refractivity contribution in [2.75, 3.05) is 0 Å². The van der Waals surface area contributed by atoms with Gasteiger partial charge in [0.2, 0.25) is 0 Å². The molecule has 0 N–H and O–H groups in total. The highest BCUT2D eigenvalue weighted by Crippen LogP contribution is 2.35. The van der Waals surface area contributed by atoms with Crippen LogP contribution in [0.2, 0.25) is 10.0 Å². The van der Waals surface area contributed by atoms with Crippen molar-refractivity contribution in [3.05, 3.63) is 68.7 Å². The number of carbonyl (C=O) groups is 2. The van der Waals surface area contributed by atoms with Crippen molar-refractivity contribution in [2.24, 2.45) is 0 Å². The molecule has 0 heterocycles. The van der Waals surface area contributed by atoms with Gasteiger partial charge in [-0.05, 0) is 12.1 Å². The van der Waals surface area contributed by atoms with Crippen LogP contribution in [0.1, 0.15) is 31.8 Å². The molecule has 0 amide bonds. The second-order valence-corrected chi connectivity index (χ2v) is 4.77. The minimum Gasteiger partial charge on any atom is -0.289 e. The van der Waals surface area contributed by atoms with Gasteiger partial charge in [-0.15, -0.1) is 0 Å². The molecule has 4 heteroatoms. The Morgan fingerprint density at radius 2 is 1.33 bits per heavy atom. The summed E-state index contributed by atoms with van der Waals surface area (Å²) in [5, 5.41) is 0.415. The number of fused-ring (bicyclic) bond motifs is 2. The fraction of sp³-hybridized carbons (Fsp3) is 0. The van der Waals surface area contributed by atoms with Crippen LogP contribution in [-0.2, 0) is 0 Å². The molecule has 3 rings (SSSR count). The van der Waals surface area contributed by atoms with Gasteiger partial charge in [-0.25, -0.2) is 0 Å². The molecular weight excluding hydrogens is 271 g/mol. The van der Waals surface area contributed by atoms with Gasteiger partial charge in [-0.2, -0.15) is 0 Å². The van der Waals surface area contributed by atoms with Crippen molar-refractivity contribution in [2.45, 2.75) is 0 Å².